The first-order valence-corrected chi connectivity index (χ1v) is 9.96. The Balaban J connectivity index is 2.05. The first-order valence-electron chi connectivity index (χ1n) is 9.96. The number of nitrogens with one attached hydrogen (secondary N) is 2. The Morgan fingerprint density at radius 3 is 2.67 bits per heavy atom. The third-order valence-electron chi connectivity index (χ3n) is 4.12. The summed E-state index contributed by atoms with van der Waals surface area (Å²) in [5.41, 5.74) is 2.02. The van der Waals surface area contributed by atoms with Gasteiger partial charge in [0.2, 0.25) is 0 Å². The summed E-state index contributed by atoms with van der Waals surface area (Å²) in [4.78, 5) is 4.66. The molecule has 0 bridgehead atoms. The van der Waals surface area contributed by atoms with Crippen LogP contribution in [0.2, 0.25) is 0 Å². The van der Waals surface area contributed by atoms with Gasteiger partial charge in [0, 0.05) is 18.7 Å². The molecule has 0 aliphatic carbocycles. The molecule has 2 rings (SSSR count). The maximum atomic E-state index is 8.92. The van der Waals surface area contributed by atoms with E-state index in [0.29, 0.717) is 37.2 Å². The molecule has 3 N–H and O–H groups in total. The molecule has 0 aromatic heterocycles. The summed E-state index contributed by atoms with van der Waals surface area (Å²) in [5.74, 6) is 2.74. The number of aliphatic hydroxyl groups is 1. The predicted molar refractivity (Wildman–Crippen MR) is 119 cm³/mol. The highest BCUT2D eigenvalue weighted by Gasteiger charge is 2.07. The van der Waals surface area contributed by atoms with Crippen LogP contribution in [-0.2, 0) is 13.1 Å². The summed E-state index contributed by atoms with van der Waals surface area (Å²) in [6.07, 6.45) is 1.73. The van der Waals surface area contributed by atoms with E-state index in [2.05, 4.69) is 22.2 Å². The highest BCUT2D eigenvalue weighted by molar-refractivity contribution is 5.79. The first-order chi connectivity index (χ1) is 14.7. The van der Waals surface area contributed by atoms with Crippen molar-refractivity contribution in [3.05, 3.63) is 66.2 Å². The largest absolute Gasteiger partial charge is 0.493 e. The molecule has 0 aliphatic heterocycles. The minimum absolute atomic E-state index is 0.0470. The molecule has 0 saturated heterocycles. The highest BCUT2D eigenvalue weighted by atomic mass is 16.5. The standard InChI is InChI=1S/C23H31N3O4/c1-4-13-29-20-9-7-6-8-19(20)17-26-23(24-5-2)25-16-18-10-11-21(30-14-12-27)22(15-18)28-3/h4,6-11,15,27H,1,5,12-14,16-17H2,2-3H3,(H2,24,25,26). The molecule has 0 heterocycles. The molecule has 2 aromatic carbocycles. The Morgan fingerprint density at radius 2 is 1.93 bits per heavy atom. The highest BCUT2D eigenvalue weighted by Crippen LogP contribution is 2.28. The van der Waals surface area contributed by atoms with E-state index in [1.807, 2.05) is 49.4 Å². The summed E-state index contributed by atoms with van der Waals surface area (Å²) >= 11 is 0. The van der Waals surface area contributed by atoms with Crippen LogP contribution in [0.25, 0.3) is 0 Å². The zero-order valence-electron chi connectivity index (χ0n) is 17.7. The lowest BCUT2D eigenvalue weighted by atomic mass is 10.2. The van der Waals surface area contributed by atoms with Gasteiger partial charge in [-0.2, -0.15) is 0 Å². The molecule has 2 aromatic rings. The fourth-order valence-corrected chi connectivity index (χ4v) is 2.72. The van der Waals surface area contributed by atoms with Crippen LogP contribution >= 0.6 is 0 Å². The molecule has 30 heavy (non-hydrogen) atoms. The van der Waals surface area contributed by atoms with Crippen molar-refractivity contribution in [1.29, 1.82) is 0 Å². The minimum atomic E-state index is -0.0470. The summed E-state index contributed by atoms with van der Waals surface area (Å²) in [5, 5.41) is 15.5. The second-order valence-electron chi connectivity index (χ2n) is 6.31. The van der Waals surface area contributed by atoms with Gasteiger partial charge in [-0.15, -0.1) is 0 Å². The van der Waals surface area contributed by atoms with Crippen LogP contribution in [0.5, 0.6) is 17.2 Å². The van der Waals surface area contributed by atoms with Gasteiger partial charge in [0.05, 0.1) is 20.3 Å². The van der Waals surface area contributed by atoms with Gasteiger partial charge in [-0.25, -0.2) is 4.99 Å². The molecule has 0 aliphatic rings. The van der Waals surface area contributed by atoms with Crippen molar-refractivity contribution in [3.63, 3.8) is 0 Å². The predicted octanol–water partition coefficient (Wildman–Crippen LogP) is 2.89. The van der Waals surface area contributed by atoms with Crippen molar-refractivity contribution in [2.45, 2.75) is 20.0 Å². The number of methoxy groups -OCH3 is 1. The van der Waals surface area contributed by atoms with Crippen LogP contribution in [0, 0.1) is 0 Å². The molecule has 162 valence electrons. The van der Waals surface area contributed by atoms with Gasteiger partial charge in [0.1, 0.15) is 19.0 Å². The van der Waals surface area contributed by atoms with E-state index in [1.165, 1.54) is 0 Å². The van der Waals surface area contributed by atoms with Crippen LogP contribution in [0.15, 0.2) is 60.1 Å². The van der Waals surface area contributed by atoms with Crippen LogP contribution in [0.1, 0.15) is 18.1 Å². The van der Waals surface area contributed by atoms with Gasteiger partial charge >= 0.3 is 0 Å². The second kappa shape index (κ2) is 13.1. The van der Waals surface area contributed by atoms with Gasteiger partial charge in [-0.1, -0.05) is 36.9 Å². The van der Waals surface area contributed by atoms with Crippen LogP contribution in [0.3, 0.4) is 0 Å². The Bertz CT molecular complexity index is 824. The summed E-state index contributed by atoms with van der Waals surface area (Å²) in [6.45, 7) is 8.15. The van der Waals surface area contributed by atoms with Gasteiger partial charge in [-0.3, -0.25) is 0 Å². The maximum absolute atomic E-state index is 8.92. The van der Waals surface area contributed by atoms with Gasteiger partial charge < -0.3 is 30.0 Å². The average Bonchev–Trinajstić information content (AvgIpc) is 2.78. The summed E-state index contributed by atoms with van der Waals surface area (Å²) in [7, 11) is 1.59. The Hall–Kier alpha value is -3.19. The van der Waals surface area contributed by atoms with E-state index in [4.69, 9.17) is 19.3 Å². The lowest BCUT2D eigenvalue weighted by molar-refractivity contribution is 0.196. The molecular weight excluding hydrogens is 382 g/mol. The molecule has 7 heteroatoms. The van der Waals surface area contributed by atoms with E-state index in [-0.39, 0.29) is 13.2 Å². The number of aliphatic hydroxyl groups excluding tert-OH is 1. The molecule has 0 amide bonds. The molecule has 0 fully saturated rings. The normalized spacial score (nSPS) is 11.0. The zero-order chi connectivity index (χ0) is 21.6. The van der Waals surface area contributed by atoms with E-state index in [0.717, 1.165) is 23.4 Å². The lowest BCUT2D eigenvalue weighted by Gasteiger charge is -2.14. The van der Waals surface area contributed by atoms with E-state index < -0.39 is 0 Å². The van der Waals surface area contributed by atoms with E-state index in [1.54, 1.807) is 13.2 Å². The number of hydrogen-bond donors (Lipinski definition) is 3. The smallest absolute Gasteiger partial charge is 0.191 e. The molecule has 0 radical (unpaired) electrons. The number of hydrogen-bond acceptors (Lipinski definition) is 5. The fraction of sp³-hybridized carbons (Fsp3) is 0.348. The van der Waals surface area contributed by atoms with E-state index >= 15 is 0 Å². The number of aliphatic imine (C=N–C) groups is 1. The molecule has 7 nitrogen and oxygen atoms in total. The van der Waals surface area contributed by atoms with Gasteiger partial charge in [0.25, 0.3) is 0 Å². The number of benzene rings is 2. The van der Waals surface area contributed by atoms with Crippen molar-refractivity contribution in [2.75, 3.05) is 33.5 Å². The molecule has 0 spiro atoms. The van der Waals surface area contributed by atoms with Crippen LogP contribution < -0.4 is 24.8 Å². The van der Waals surface area contributed by atoms with Crippen molar-refractivity contribution in [1.82, 2.24) is 10.6 Å². The molecule has 0 unspecified atom stereocenters. The Morgan fingerprint density at radius 1 is 1.10 bits per heavy atom. The number of guanidine groups is 1. The zero-order valence-corrected chi connectivity index (χ0v) is 17.7. The average molecular weight is 414 g/mol. The number of rotatable bonds is 12. The molecule has 0 atom stereocenters. The number of nitrogens with zero attached hydrogens (tertiary/aromatic N) is 1. The third kappa shape index (κ3) is 7.33. The number of para-hydroxylation sites is 1. The van der Waals surface area contributed by atoms with Gasteiger partial charge in [-0.05, 0) is 30.7 Å². The van der Waals surface area contributed by atoms with Crippen LogP contribution in [0.4, 0.5) is 0 Å². The SMILES string of the molecule is C=CCOc1ccccc1CNC(=NCc1ccc(OCCO)c(OC)c1)NCC. The summed E-state index contributed by atoms with van der Waals surface area (Å²) in [6, 6.07) is 13.5. The first kappa shape index (κ1) is 23.1. The van der Waals surface area contributed by atoms with Crippen LogP contribution in [-0.4, -0.2) is 44.5 Å². The van der Waals surface area contributed by atoms with E-state index in [9.17, 15) is 0 Å². The molecular formula is C23H31N3O4. The Kier molecular flexibility index (Phi) is 10.1. The van der Waals surface area contributed by atoms with Crippen molar-refractivity contribution in [3.8, 4) is 17.2 Å². The van der Waals surface area contributed by atoms with Crippen molar-refractivity contribution < 1.29 is 19.3 Å². The maximum Gasteiger partial charge on any atom is 0.191 e. The topological polar surface area (TPSA) is 84.3 Å². The monoisotopic (exact) mass is 413 g/mol. The minimum Gasteiger partial charge on any atom is -0.493 e. The molecule has 0 saturated carbocycles. The van der Waals surface area contributed by atoms with Crippen molar-refractivity contribution in [2.24, 2.45) is 4.99 Å². The van der Waals surface area contributed by atoms with Crippen molar-refractivity contribution >= 4 is 5.96 Å². The van der Waals surface area contributed by atoms with Gasteiger partial charge in [0.15, 0.2) is 17.5 Å². The second-order valence-corrected chi connectivity index (χ2v) is 6.31. The number of ether oxygens (including phenoxy) is 3. The third-order valence-corrected chi connectivity index (χ3v) is 4.12. The summed E-state index contributed by atoms with van der Waals surface area (Å²) < 4.78 is 16.6. The quantitative estimate of drug-likeness (QED) is 0.282. The fourth-order valence-electron chi connectivity index (χ4n) is 2.72. The Labute approximate surface area is 178 Å². The lowest BCUT2D eigenvalue weighted by Crippen LogP contribution is -2.36.